The largest absolute Gasteiger partial charge is 0.497 e. The van der Waals surface area contributed by atoms with Crippen LogP contribution in [0, 0.1) is 16.7 Å². The summed E-state index contributed by atoms with van der Waals surface area (Å²) in [6.45, 7) is 1.87. The molecule has 2 heterocycles. The zero-order valence-corrected chi connectivity index (χ0v) is 13.5. The van der Waals surface area contributed by atoms with Gasteiger partial charge in [-0.1, -0.05) is 12.1 Å². The summed E-state index contributed by atoms with van der Waals surface area (Å²) in [6, 6.07) is 8.92. The summed E-state index contributed by atoms with van der Waals surface area (Å²) in [5.74, 6) is -0.0472. The maximum Gasteiger partial charge on any atom is 0.357 e. The quantitative estimate of drug-likeness (QED) is 0.703. The van der Waals surface area contributed by atoms with E-state index in [1.165, 1.54) is 7.11 Å². The number of H-pyrrole nitrogens is 1. The van der Waals surface area contributed by atoms with Crippen molar-refractivity contribution in [3.8, 4) is 22.9 Å². The second-order valence-electron chi connectivity index (χ2n) is 5.02. The van der Waals surface area contributed by atoms with Gasteiger partial charge in [-0.05, 0) is 24.6 Å². The number of ether oxygens (including phenoxy) is 2. The van der Waals surface area contributed by atoms with Crippen LogP contribution in [-0.4, -0.2) is 29.9 Å². The van der Waals surface area contributed by atoms with Gasteiger partial charge in [0.2, 0.25) is 11.3 Å². The Labute approximate surface area is 142 Å². The summed E-state index contributed by atoms with van der Waals surface area (Å²) >= 11 is 0. The van der Waals surface area contributed by atoms with Crippen LogP contribution in [0.2, 0.25) is 0 Å². The molecule has 0 saturated carbocycles. The van der Waals surface area contributed by atoms with Gasteiger partial charge in [0.1, 0.15) is 17.4 Å². The molecule has 0 radical (unpaired) electrons. The first-order chi connectivity index (χ1) is 12.1. The van der Waals surface area contributed by atoms with Crippen LogP contribution in [0.25, 0.3) is 22.2 Å². The number of carbonyl (C=O) groups excluding carboxylic acids is 1. The topological polar surface area (TPSA) is 125 Å². The number of hydrogen-bond acceptors (Lipinski definition) is 7. The van der Waals surface area contributed by atoms with Crippen LogP contribution in [0.15, 0.2) is 28.7 Å². The Bertz CT molecular complexity index is 1060. The molecule has 3 aromatic rings. The fourth-order valence-corrected chi connectivity index (χ4v) is 2.54. The molecular formula is C17H14N4O4. The number of hydrogen-bond donors (Lipinski definition) is 2. The molecule has 126 valence electrons. The molecule has 0 aliphatic heterocycles. The van der Waals surface area contributed by atoms with E-state index in [-0.39, 0.29) is 29.1 Å². The van der Waals surface area contributed by atoms with E-state index < -0.39 is 5.97 Å². The van der Waals surface area contributed by atoms with E-state index in [0.717, 1.165) is 0 Å². The highest BCUT2D eigenvalue weighted by atomic mass is 16.5. The monoisotopic (exact) mass is 338 g/mol. The lowest BCUT2D eigenvalue weighted by Gasteiger charge is -2.09. The molecule has 0 spiro atoms. The average Bonchev–Trinajstić information content (AvgIpc) is 3.04. The number of esters is 1. The minimum Gasteiger partial charge on any atom is -0.497 e. The molecule has 8 nitrogen and oxygen atoms in total. The predicted molar refractivity (Wildman–Crippen MR) is 86.9 cm³/mol. The lowest BCUT2D eigenvalue weighted by atomic mass is 9.98. The smallest absolute Gasteiger partial charge is 0.357 e. The molecule has 0 fully saturated rings. The van der Waals surface area contributed by atoms with E-state index in [1.807, 2.05) is 6.07 Å². The van der Waals surface area contributed by atoms with Crippen LogP contribution in [0.3, 0.4) is 0 Å². The summed E-state index contributed by atoms with van der Waals surface area (Å²) < 4.78 is 15.5. The second kappa shape index (κ2) is 6.49. The molecule has 25 heavy (non-hydrogen) atoms. The normalized spacial score (nSPS) is 10.4. The zero-order valence-electron chi connectivity index (χ0n) is 13.5. The molecule has 1 aromatic carbocycles. The van der Waals surface area contributed by atoms with E-state index in [2.05, 4.69) is 10.2 Å². The van der Waals surface area contributed by atoms with Crippen LogP contribution in [0.1, 0.15) is 23.0 Å². The third-order valence-electron chi connectivity index (χ3n) is 3.61. The number of fused-ring (bicyclic) bond motifs is 1. The molecule has 0 bridgehead atoms. The highest BCUT2D eigenvalue weighted by Crippen LogP contribution is 2.33. The number of nitriles is 1. The summed E-state index contributed by atoms with van der Waals surface area (Å²) in [6.07, 6.45) is 0. The van der Waals surface area contributed by atoms with Crippen molar-refractivity contribution in [2.45, 2.75) is 6.92 Å². The van der Waals surface area contributed by atoms with Crippen molar-refractivity contribution in [1.29, 1.82) is 10.7 Å². The van der Waals surface area contributed by atoms with Gasteiger partial charge in [0.15, 0.2) is 5.69 Å². The van der Waals surface area contributed by atoms with Crippen molar-refractivity contribution in [2.24, 2.45) is 0 Å². The van der Waals surface area contributed by atoms with Gasteiger partial charge in [0.05, 0.1) is 19.1 Å². The van der Waals surface area contributed by atoms with Gasteiger partial charge in [-0.25, -0.2) is 4.79 Å². The summed E-state index contributed by atoms with van der Waals surface area (Å²) in [4.78, 5) is 12.2. The minimum atomic E-state index is -0.619. The minimum absolute atomic E-state index is 0.00676. The van der Waals surface area contributed by atoms with Gasteiger partial charge in [0.25, 0.3) is 0 Å². The van der Waals surface area contributed by atoms with Gasteiger partial charge in [-0.2, -0.15) is 5.26 Å². The number of aromatic nitrogens is 2. The first-order valence-corrected chi connectivity index (χ1v) is 7.42. The van der Waals surface area contributed by atoms with Crippen molar-refractivity contribution < 1.29 is 18.7 Å². The Morgan fingerprint density at radius 2 is 2.28 bits per heavy atom. The average molecular weight is 338 g/mol. The van der Waals surface area contributed by atoms with Crippen molar-refractivity contribution in [1.82, 2.24) is 10.2 Å². The number of aromatic amines is 1. The van der Waals surface area contributed by atoms with E-state index in [4.69, 9.17) is 19.3 Å². The number of methoxy groups -OCH3 is 1. The molecule has 0 aliphatic carbocycles. The second-order valence-corrected chi connectivity index (χ2v) is 5.02. The number of benzene rings is 1. The standard InChI is InChI=1S/C17H14N4O4/c1-3-24-17(22)14-13-12(9-5-4-6-10(7-9)23-2)11(8-18)15(19)25-16(13)21-20-14/h4-7,19H,3H2,1-2H3,(H,20,21). The molecule has 0 amide bonds. The number of nitrogens with one attached hydrogen (secondary N) is 2. The third kappa shape index (κ3) is 2.72. The summed E-state index contributed by atoms with van der Waals surface area (Å²) in [5.41, 5.74) is 0.726. The number of carbonyl (C=O) groups is 1. The maximum atomic E-state index is 12.2. The van der Waals surface area contributed by atoms with Gasteiger partial charge in [0, 0.05) is 5.56 Å². The SMILES string of the molecule is CCOC(=O)c1[nH]nc2oc(=N)c(C#N)c(-c3cccc(OC)c3)c12. The van der Waals surface area contributed by atoms with Crippen molar-refractivity contribution in [3.63, 3.8) is 0 Å². The highest BCUT2D eigenvalue weighted by Gasteiger charge is 2.24. The Balaban J connectivity index is 2.41. The molecule has 2 aromatic heterocycles. The lowest BCUT2D eigenvalue weighted by Crippen LogP contribution is -2.09. The Hall–Kier alpha value is -3.60. The Morgan fingerprint density at radius 3 is 2.96 bits per heavy atom. The number of rotatable bonds is 4. The first kappa shape index (κ1) is 16.3. The van der Waals surface area contributed by atoms with Crippen LogP contribution in [0.5, 0.6) is 5.75 Å². The van der Waals surface area contributed by atoms with Gasteiger partial charge in [-0.15, -0.1) is 5.10 Å². The van der Waals surface area contributed by atoms with Crippen LogP contribution in [-0.2, 0) is 4.74 Å². The maximum absolute atomic E-state index is 12.2. The van der Waals surface area contributed by atoms with Crippen LogP contribution < -0.4 is 10.3 Å². The Kier molecular flexibility index (Phi) is 4.22. The van der Waals surface area contributed by atoms with Crippen LogP contribution in [0.4, 0.5) is 0 Å². The lowest BCUT2D eigenvalue weighted by molar-refractivity contribution is 0.0521. The van der Waals surface area contributed by atoms with E-state index in [0.29, 0.717) is 22.3 Å². The number of nitrogens with zero attached hydrogens (tertiary/aromatic N) is 2. The third-order valence-corrected chi connectivity index (χ3v) is 3.61. The summed E-state index contributed by atoms with van der Waals surface area (Å²) in [7, 11) is 1.53. The molecule has 0 atom stereocenters. The van der Waals surface area contributed by atoms with E-state index in [1.54, 1.807) is 31.2 Å². The molecule has 0 unspecified atom stereocenters. The fourth-order valence-electron chi connectivity index (χ4n) is 2.54. The van der Waals surface area contributed by atoms with Crippen LogP contribution >= 0.6 is 0 Å². The fraction of sp³-hybridized carbons (Fsp3) is 0.176. The van der Waals surface area contributed by atoms with Crippen molar-refractivity contribution >= 4 is 17.1 Å². The zero-order chi connectivity index (χ0) is 18.0. The van der Waals surface area contributed by atoms with Crippen molar-refractivity contribution in [3.05, 3.63) is 41.1 Å². The van der Waals surface area contributed by atoms with Gasteiger partial charge >= 0.3 is 5.97 Å². The molecule has 0 aliphatic rings. The molecule has 0 saturated heterocycles. The molecular weight excluding hydrogens is 324 g/mol. The highest BCUT2D eigenvalue weighted by molar-refractivity contribution is 6.08. The summed E-state index contributed by atoms with van der Waals surface area (Å²) in [5, 5.41) is 24.3. The molecule has 2 N–H and O–H groups in total. The van der Waals surface area contributed by atoms with Crippen molar-refractivity contribution in [2.75, 3.05) is 13.7 Å². The Morgan fingerprint density at radius 1 is 1.48 bits per heavy atom. The van der Waals surface area contributed by atoms with Gasteiger partial charge < -0.3 is 13.9 Å². The first-order valence-electron chi connectivity index (χ1n) is 7.42. The van der Waals surface area contributed by atoms with E-state index in [9.17, 15) is 10.1 Å². The molecule has 3 rings (SSSR count). The van der Waals surface area contributed by atoms with Gasteiger partial charge in [-0.3, -0.25) is 10.5 Å². The predicted octanol–water partition coefficient (Wildman–Crippen LogP) is 2.36. The van der Waals surface area contributed by atoms with E-state index >= 15 is 0 Å². The molecule has 8 heteroatoms.